The van der Waals surface area contributed by atoms with E-state index in [-0.39, 0.29) is 17.8 Å². The molecule has 1 aromatic carbocycles. The van der Waals surface area contributed by atoms with Gasteiger partial charge >= 0.3 is 5.76 Å². The quantitative estimate of drug-likeness (QED) is 0.568. The maximum absolute atomic E-state index is 12.4. The molecule has 1 aliphatic heterocycles. The molecule has 2 aliphatic rings. The Morgan fingerprint density at radius 2 is 1.84 bits per heavy atom. The third-order valence-electron chi connectivity index (χ3n) is 5.80. The van der Waals surface area contributed by atoms with E-state index in [1.807, 2.05) is 0 Å². The lowest BCUT2D eigenvalue weighted by Gasteiger charge is -2.31. The maximum Gasteiger partial charge on any atom is 0.439 e. The number of hydrogen-bond donors (Lipinski definition) is 1. The summed E-state index contributed by atoms with van der Waals surface area (Å²) in [5.74, 6) is -0.0193. The largest absolute Gasteiger partial charge is 0.439 e. The Labute approximate surface area is 192 Å². The summed E-state index contributed by atoms with van der Waals surface area (Å²) in [4.78, 5) is 27.4. The van der Waals surface area contributed by atoms with Crippen LogP contribution in [0.4, 0.5) is 0 Å². The minimum atomic E-state index is -0.749. The second-order valence-corrected chi connectivity index (χ2v) is 8.81. The molecule has 11 heteroatoms. The Balaban J connectivity index is 1.27. The van der Waals surface area contributed by atoms with Gasteiger partial charge in [0.05, 0.1) is 22.8 Å². The van der Waals surface area contributed by atoms with Crippen molar-refractivity contribution in [1.29, 1.82) is 0 Å². The van der Waals surface area contributed by atoms with Crippen LogP contribution in [-0.2, 0) is 11.3 Å². The molecular weight excluding hydrogens is 459 g/mol. The van der Waals surface area contributed by atoms with E-state index in [0.29, 0.717) is 59.8 Å². The predicted molar refractivity (Wildman–Crippen MR) is 115 cm³/mol. The van der Waals surface area contributed by atoms with Crippen LogP contribution in [0.1, 0.15) is 53.5 Å². The number of nitrogens with one attached hydrogen (secondary N) is 1. The Morgan fingerprint density at radius 1 is 1.12 bits per heavy atom. The van der Waals surface area contributed by atoms with Gasteiger partial charge < -0.3 is 14.2 Å². The number of likely N-dealkylation sites (tertiary alicyclic amines) is 1. The van der Waals surface area contributed by atoms with Crippen LogP contribution in [0.2, 0.25) is 10.0 Å². The summed E-state index contributed by atoms with van der Waals surface area (Å²) in [6.07, 6.45) is 3.39. The summed E-state index contributed by atoms with van der Waals surface area (Å²) >= 11 is 12.8. The van der Waals surface area contributed by atoms with Crippen LogP contribution in [0.25, 0.3) is 11.3 Å². The second kappa shape index (κ2) is 8.73. The van der Waals surface area contributed by atoms with Crippen molar-refractivity contribution in [2.24, 2.45) is 0 Å². The first-order chi connectivity index (χ1) is 15.5. The van der Waals surface area contributed by atoms with E-state index in [1.165, 1.54) is 0 Å². The lowest BCUT2D eigenvalue weighted by molar-refractivity contribution is -0.00102. The highest BCUT2D eigenvalue weighted by molar-refractivity contribution is 6.39. The molecule has 0 radical (unpaired) electrons. The highest BCUT2D eigenvalue weighted by atomic mass is 35.5. The van der Waals surface area contributed by atoms with Gasteiger partial charge in [-0.2, -0.15) is 0 Å². The van der Waals surface area contributed by atoms with Gasteiger partial charge in [0.1, 0.15) is 11.5 Å². The molecule has 1 saturated heterocycles. The van der Waals surface area contributed by atoms with Crippen LogP contribution in [0.5, 0.6) is 0 Å². The number of piperidine rings is 1. The molecule has 168 valence electrons. The van der Waals surface area contributed by atoms with Gasteiger partial charge in [0.2, 0.25) is 5.82 Å². The number of hydrogen-bond acceptors (Lipinski definition) is 7. The van der Waals surface area contributed by atoms with Gasteiger partial charge in [-0.15, -0.1) is 0 Å². The van der Waals surface area contributed by atoms with Crippen LogP contribution in [0, 0.1) is 0 Å². The molecule has 3 heterocycles. The lowest BCUT2D eigenvalue weighted by atomic mass is 10.0. The number of amides is 1. The average Bonchev–Trinajstić information content (AvgIpc) is 3.41. The zero-order valence-corrected chi connectivity index (χ0v) is 18.5. The van der Waals surface area contributed by atoms with E-state index in [9.17, 15) is 9.59 Å². The number of carbonyl (C=O) groups is 1. The molecule has 5 rings (SSSR count). The molecule has 1 N–H and O–H groups in total. The zero-order valence-electron chi connectivity index (χ0n) is 17.0. The van der Waals surface area contributed by atoms with Crippen LogP contribution in [0.3, 0.4) is 0 Å². The number of halogens is 2. The van der Waals surface area contributed by atoms with E-state index in [2.05, 4.69) is 19.8 Å². The van der Waals surface area contributed by atoms with Crippen LogP contribution in [-0.4, -0.2) is 45.3 Å². The number of nitrogens with zero attached hydrogens (tertiary/aromatic N) is 3. The summed E-state index contributed by atoms with van der Waals surface area (Å²) in [7, 11) is 0. The monoisotopic (exact) mass is 478 g/mol. The number of carbonyl (C=O) groups excluding carboxylic acids is 1. The van der Waals surface area contributed by atoms with Crippen molar-refractivity contribution in [1.82, 2.24) is 20.2 Å². The van der Waals surface area contributed by atoms with E-state index < -0.39 is 5.76 Å². The third-order valence-corrected chi connectivity index (χ3v) is 6.43. The topological polar surface area (TPSA) is 114 Å². The van der Waals surface area contributed by atoms with Crippen molar-refractivity contribution in [3.8, 4) is 11.3 Å². The number of ether oxygens (including phenoxy) is 1. The van der Waals surface area contributed by atoms with Crippen molar-refractivity contribution < 1.29 is 18.6 Å². The number of H-pyrrole nitrogens is 1. The van der Waals surface area contributed by atoms with Gasteiger partial charge in [-0.1, -0.05) is 34.4 Å². The van der Waals surface area contributed by atoms with Gasteiger partial charge in [-0.05, 0) is 43.0 Å². The van der Waals surface area contributed by atoms with Gasteiger partial charge in [0, 0.05) is 30.1 Å². The number of aromatic amines is 1. The molecule has 0 atom stereocenters. The first kappa shape index (κ1) is 21.2. The van der Waals surface area contributed by atoms with Gasteiger partial charge in [-0.25, -0.2) is 4.79 Å². The third kappa shape index (κ3) is 4.20. The Kier molecular flexibility index (Phi) is 5.79. The van der Waals surface area contributed by atoms with Crippen molar-refractivity contribution in [3.63, 3.8) is 0 Å². The molecule has 2 aromatic heterocycles. The van der Waals surface area contributed by atoms with Gasteiger partial charge in [-0.3, -0.25) is 14.3 Å². The summed E-state index contributed by atoms with van der Waals surface area (Å²) in [6.45, 7) is 1.29. The molecule has 9 nitrogen and oxygen atoms in total. The minimum Gasteiger partial charge on any atom is -0.373 e. The zero-order chi connectivity index (χ0) is 22.2. The van der Waals surface area contributed by atoms with E-state index in [1.54, 1.807) is 23.1 Å². The summed E-state index contributed by atoms with van der Waals surface area (Å²) in [5.41, 5.74) is 2.14. The smallest absolute Gasteiger partial charge is 0.373 e. The number of rotatable bonds is 6. The molecule has 1 aliphatic carbocycles. The fourth-order valence-electron chi connectivity index (χ4n) is 3.95. The van der Waals surface area contributed by atoms with Crippen molar-refractivity contribution in [2.75, 3.05) is 13.1 Å². The lowest BCUT2D eigenvalue weighted by Crippen LogP contribution is -2.41. The summed E-state index contributed by atoms with van der Waals surface area (Å²) in [5, 5.41) is 8.76. The fourth-order valence-corrected chi connectivity index (χ4v) is 4.52. The highest BCUT2D eigenvalue weighted by Gasteiger charge is 2.34. The first-order valence-corrected chi connectivity index (χ1v) is 11.2. The Hall–Kier alpha value is -2.62. The molecule has 2 fully saturated rings. The Morgan fingerprint density at radius 3 is 2.47 bits per heavy atom. The van der Waals surface area contributed by atoms with Crippen molar-refractivity contribution in [3.05, 3.63) is 55.9 Å². The Bertz CT molecular complexity index is 1170. The van der Waals surface area contributed by atoms with Crippen molar-refractivity contribution >= 4 is 29.1 Å². The molecular formula is C21H20Cl2N4O5. The summed E-state index contributed by atoms with van der Waals surface area (Å²) < 4.78 is 16.3. The second-order valence-electron chi connectivity index (χ2n) is 7.99. The molecule has 0 spiro atoms. The van der Waals surface area contributed by atoms with Crippen LogP contribution >= 0.6 is 23.2 Å². The molecule has 0 unspecified atom stereocenters. The SMILES string of the molecule is O=C(c1noc(=O)[nH]1)N1CCC(OCc2c(-c3c(Cl)cccc3Cl)noc2C2CC2)CC1. The van der Waals surface area contributed by atoms with E-state index >= 15 is 0 Å². The maximum atomic E-state index is 12.4. The van der Waals surface area contributed by atoms with Gasteiger partial charge in [0.25, 0.3) is 5.91 Å². The highest BCUT2D eigenvalue weighted by Crippen LogP contribution is 2.46. The standard InChI is InChI=1S/C21H20Cl2N4O5/c22-14-2-1-3-15(23)16(14)17-13(18(31-25-17)11-4-5-11)10-30-12-6-8-27(9-7-12)20(28)19-24-21(29)32-26-19/h1-3,11-12H,4-10H2,(H,24,26,29). The van der Waals surface area contributed by atoms with Gasteiger partial charge in [0.15, 0.2) is 0 Å². The minimum absolute atomic E-state index is 0.0353. The normalized spacial score (nSPS) is 17.1. The molecule has 32 heavy (non-hydrogen) atoms. The predicted octanol–water partition coefficient (Wildman–Crippen LogP) is 4.02. The molecule has 1 amide bonds. The first-order valence-electron chi connectivity index (χ1n) is 10.4. The molecule has 1 saturated carbocycles. The molecule has 3 aromatic rings. The van der Waals surface area contributed by atoms with Crippen LogP contribution < -0.4 is 5.76 Å². The van der Waals surface area contributed by atoms with E-state index in [4.69, 9.17) is 32.5 Å². The van der Waals surface area contributed by atoms with E-state index in [0.717, 1.165) is 24.2 Å². The summed E-state index contributed by atoms with van der Waals surface area (Å²) in [6, 6.07) is 5.33. The fraction of sp³-hybridized carbons (Fsp3) is 0.429. The van der Waals surface area contributed by atoms with Crippen LogP contribution in [0.15, 0.2) is 32.0 Å². The molecule has 0 bridgehead atoms. The number of benzene rings is 1. The number of aromatic nitrogens is 3. The van der Waals surface area contributed by atoms with Crippen molar-refractivity contribution in [2.45, 2.75) is 44.3 Å². The average molecular weight is 479 g/mol.